The Balaban J connectivity index is 1.61. The van der Waals surface area contributed by atoms with E-state index in [0.717, 1.165) is 34.5 Å². The second-order valence-corrected chi connectivity index (χ2v) is 5.82. The van der Waals surface area contributed by atoms with Crippen molar-refractivity contribution in [3.63, 3.8) is 0 Å². The highest BCUT2D eigenvalue weighted by molar-refractivity contribution is 9.08. The molecule has 0 unspecified atom stereocenters. The molecule has 118 valence electrons. The molecule has 1 aromatic heterocycles. The molecule has 0 fully saturated rings. The summed E-state index contributed by atoms with van der Waals surface area (Å²) >= 11 is 3.44. The molecule has 3 aromatic rings. The maximum atomic E-state index is 5.78. The van der Waals surface area contributed by atoms with Gasteiger partial charge in [-0.3, -0.25) is 0 Å². The molecule has 0 saturated heterocycles. The Bertz CT molecular complexity index is 751. The first-order valence-electron chi connectivity index (χ1n) is 7.55. The van der Waals surface area contributed by atoms with E-state index in [2.05, 4.69) is 33.0 Å². The summed E-state index contributed by atoms with van der Waals surface area (Å²) in [6, 6.07) is 18.0. The minimum Gasteiger partial charge on any atom is -0.493 e. The molecule has 0 saturated carbocycles. The van der Waals surface area contributed by atoms with Crippen LogP contribution in [0.25, 0.3) is 11.5 Å². The van der Waals surface area contributed by atoms with Crippen molar-refractivity contribution >= 4 is 15.9 Å². The maximum Gasteiger partial charge on any atom is 0.226 e. The van der Waals surface area contributed by atoms with Gasteiger partial charge in [0.15, 0.2) is 0 Å². The highest BCUT2D eigenvalue weighted by Gasteiger charge is 2.11. The number of benzene rings is 2. The highest BCUT2D eigenvalue weighted by atomic mass is 79.9. The van der Waals surface area contributed by atoms with E-state index in [1.54, 1.807) is 0 Å². The molecule has 0 N–H and O–H groups in total. The van der Waals surface area contributed by atoms with Gasteiger partial charge in [-0.25, -0.2) is 4.98 Å². The van der Waals surface area contributed by atoms with Gasteiger partial charge in [-0.2, -0.15) is 0 Å². The Kier molecular flexibility index (Phi) is 5.13. The summed E-state index contributed by atoms with van der Waals surface area (Å²) in [5.74, 6) is 2.39. The summed E-state index contributed by atoms with van der Waals surface area (Å²) in [4.78, 5) is 4.59. The number of oxazole rings is 1. The third-order valence-electron chi connectivity index (χ3n) is 3.60. The normalized spacial score (nSPS) is 10.7. The molecule has 0 atom stereocenters. The Hall–Kier alpha value is -2.07. The average Bonchev–Trinajstić information content (AvgIpc) is 2.97. The van der Waals surface area contributed by atoms with Gasteiger partial charge in [0, 0.05) is 17.3 Å². The second kappa shape index (κ2) is 7.47. The van der Waals surface area contributed by atoms with Crippen molar-refractivity contribution in [1.82, 2.24) is 4.98 Å². The van der Waals surface area contributed by atoms with Crippen molar-refractivity contribution < 1.29 is 9.15 Å². The first kappa shape index (κ1) is 15.8. The topological polar surface area (TPSA) is 35.3 Å². The van der Waals surface area contributed by atoms with Crippen LogP contribution in [0.15, 0.2) is 59.0 Å². The Labute approximate surface area is 144 Å². The van der Waals surface area contributed by atoms with E-state index in [-0.39, 0.29) is 0 Å². The SMILES string of the molecule is Cc1oc(-c2ccccc2)nc1CCOc1ccc(CBr)cc1. The summed E-state index contributed by atoms with van der Waals surface area (Å²) in [5, 5.41) is 0.855. The molecule has 0 spiro atoms. The van der Waals surface area contributed by atoms with Crippen LogP contribution in [0, 0.1) is 6.92 Å². The molecule has 0 aliphatic heterocycles. The Morgan fingerprint density at radius 1 is 1.04 bits per heavy atom. The molecule has 3 rings (SSSR count). The van der Waals surface area contributed by atoms with E-state index in [9.17, 15) is 0 Å². The number of hydrogen-bond donors (Lipinski definition) is 0. The molecule has 0 radical (unpaired) electrons. The van der Waals surface area contributed by atoms with Gasteiger partial charge < -0.3 is 9.15 Å². The van der Waals surface area contributed by atoms with E-state index in [4.69, 9.17) is 9.15 Å². The van der Waals surface area contributed by atoms with Crippen LogP contribution in [0.2, 0.25) is 0 Å². The molecule has 0 aliphatic carbocycles. The van der Waals surface area contributed by atoms with Gasteiger partial charge in [-0.15, -0.1) is 0 Å². The quantitative estimate of drug-likeness (QED) is 0.560. The van der Waals surface area contributed by atoms with Crippen molar-refractivity contribution in [1.29, 1.82) is 0 Å². The summed E-state index contributed by atoms with van der Waals surface area (Å²) in [5.41, 5.74) is 3.17. The predicted octanol–water partition coefficient (Wildman–Crippen LogP) is 5.17. The van der Waals surface area contributed by atoms with Crippen LogP contribution >= 0.6 is 15.9 Å². The van der Waals surface area contributed by atoms with Crippen LogP contribution in [0.3, 0.4) is 0 Å². The number of alkyl halides is 1. The first-order chi connectivity index (χ1) is 11.3. The fourth-order valence-electron chi connectivity index (χ4n) is 2.30. The number of nitrogens with zero attached hydrogens (tertiary/aromatic N) is 1. The van der Waals surface area contributed by atoms with Crippen LogP contribution in [-0.2, 0) is 11.8 Å². The predicted molar refractivity (Wildman–Crippen MR) is 94.9 cm³/mol. The smallest absolute Gasteiger partial charge is 0.226 e. The van der Waals surface area contributed by atoms with E-state index in [0.29, 0.717) is 12.5 Å². The minimum atomic E-state index is 0.579. The molecule has 23 heavy (non-hydrogen) atoms. The standard InChI is InChI=1S/C19H18BrNO2/c1-14-18(21-19(23-14)16-5-3-2-4-6-16)11-12-22-17-9-7-15(13-20)8-10-17/h2-10H,11-13H2,1H3. The fourth-order valence-corrected chi connectivity index (χ4v) is 2.68. The lowest BCUT2D eigenvalue weighted by Crippen LogP contribution is -2.02. The Morgan fingerprint density at radius 2 is 1.78 bits per heavy atom. The number of ether oxygens (including phenoxy) is 1. The summed E-state index contributed by atoms with van der Waals surface area (Å²) < 4.78 is 11.5. The zero-order valence-electron chi connectivity index (χ0n) is 13.0. The number of halogens is 1. The molecule has 4 heteroatoms. The van der Waals surface area contributed by atoms with E-state index in [1.165, 1.54) is 5.56 Å². The number of aromatic nitrogens is 1. The van der Waals surface area contributed by atoms with Crippen LogP contribution in [0.5, 0.6) is 5.75 Å². The molecular weight excluding hydrogens is 354 g/mol. The van der Waals surface area contributed by atoms with E-state index < -0.39 is 0 Å². The van der Waals surface area contributed by atoms with Gasteiger partial charge >= 0.3 is 0 Å². The van der Waals surface area contributed by atoms with Gasteiger partial charge in [-0.1, -0.05) is 46.3 Å². The van der Waals surface area contributed by atoms with Gasteiger partial charge in [0.25, 0.3) is 0 Å². The number of aryl methyl sites for hydroxylation is 1. The summed E-state index contributed by atoms with van der Waals surface area (Å²) in [6.45, 7) is 2.52. The van der Waals surface area contributed by atoms with Crippen molar-refractivity contribution in [3.8, 4) is 17.2 Å². The number of rotatable bonds is 6. The largest absolute Gasteiger partial charge is 0.493 e. The van der Waals surface area contributed by atoms with Crippen molar-refractivity contribution in [3.05, 3.63) is 71.6 Å². The monoisotopic (exact) mass is 371 g/mol. The van der Waals surface area contributed by atoms with Gasteiger partial charge in [-0.05, 0) is 36.8 Å². The van der Waals surface area contributed by atoms with Gasteiger partial charge in [0.1, 0.15) is 11.5 Å². The zero-order chi connectivity index (χ0) is 16.1. The third-order valence-corrected chi connectivity index (χ3v) is 4.25. The third kappa shape index (κ3) is 4.02. The number of hydrogen-bond acceptors (Lipinski definition) is 3. The first-order valence-corrected chi connectivity index (χ1v) is 8.68. The van der Waals surface area contributed by atoms with Crippen molar-refractivity contribution in [2.24, 2.45) is 0 Å². The minimum absolute atomic E-state index is 0.579. The molecule has 1 heterocycles. The summed E-state index contributed by atoms with van der Waals surface area (Å²) in [6.07, 6.45) is 0.725. The molecule has 3 nitrogen and oxygen atoms in total. The lowest BCUT2D eigenvalue weighted by Gasteiger charge is -2.05. The lowest BCUT2D eigenvalue weighted by atomic mass is 10.2. The highest BCUT2D eigenvalue weighted by Crippen LogP contribution is 2.22. The van der Waals surface area contributed by atoms with Crippen LogP contribution in [-0.4, -0.2) is 11.6 Å². The average molecular weight is 372 g/mol. The molecular formula is C19H18BrNO2. The lowest BCUT2D eigenvalue weighted by molar-refractivity contribution is 0.320. The van der Waals surface area contributed by atoms with Gasteiger partial charge in [0.05, 0.1) is 12.3 Å². The van der Waals surface area contributed by atoms with Crippen molar-refractivity contribution in [2.45, 2.75) is 18.7 Å². The zero-order valence-corrected chi connectivity index (χ0v) is 14.5. The molecule has 0 amide bonds. The maximum absolute atomic E-state index is 5.78. The van der Waals surface area contributed by atoms with Crippen molar-refractivity contribution in [2.75, 3.05) is 6.61 Å². The second-order valence-electron chi connectivity index (χ2n) is 5.26. The van der Waals surface area contributed by atoms with E-state index >= 15 is 0 Å². The van der Waals surface area contributed by atoms with Crippen LogP contribution in [0.4, 0.5) is 0 Å². The van der Waals surface area contributed by atoms with Crippen LogP contribution in [0.1, 0.15) is 17.0 Å². The molecule has 2 aromatic carbocycles. The Morgan fingerprint density at radius 3 is 2.48 bits per heavy atom. The van der Waals surface area contributed by atoms with Crippen LogP contribution < -0.4 is 4.74 Å². The molecule has 0 bridgehead atoms. The fraction of sp³-hybridized carbons (Fsp3) is 0.211. The summed E-state index contributed by atoms with van der Waals surface area (Å²) in [7, 11) is 0. The molecule has 0 aliphatic rings. The van der Waals surface area contributed by atoms with Gasteiger partial charge in [0.2, 0.25) is 5.89 Å². The van der Waals surface area contributed by atoms with E-state index in [1.807, 2.05) is 49.4 Å².